The molecule has 0 aliphatic rings. The topological polar surface area (TPSA) is 83.5 Å². The number of aliphatic hydroxyl groups is 1. The van der Waals surface area contributed by atoms with Crippen LogP contribution in [0.4, 0.5) is 9.93 Å². The number of aliphatic hydroxyl groups excluding tert-OH is 1. The smallest absolute Gasteiger partial charge is 0.321 e. The van der Waals surface area contributed by atoms with Crippen molar-refractivity contribution in [3.8, 4) is 5.75 Å². The number of hydrogen-bond acceptors (Lipinski definition) is 5. The van der Waals surface area contributed by atoms with E-state index in [1.165, 1.54) is 11.3 Å². The highest BCUT2D eigenvalue weighted by Crippen LogP contribution is 2.17. The maximum absolute atomic E-state index is 11.6. The number of nitrogens with one attached hydrogen (secondary N) is 2. The van der Waals surface area contributed by atoms with Crippen LogP contribution in [-0.4, -0.2) is 29.8 Å². The van der Waals surface area contributed by atoms with E-state index in [1.54, 1.807) is 43.0 Å². The van der Waals surface area contributed by atoms with Gasteiger partial charge in [-0.25, -0.2) is 9.78 Å². The zero-order chi connectivity index (χ0) is 14.4. The molecule has 0 saturated heterocycles. The van der Waals surface area contributed by atoms with Crippen molar-refractivity contribution in [3.63, 3.8) is 0 Å². The molecule has 7 heteroatoms. The van der Waals surface area contributed by atoms with Crippen LogP contribution in [0, 0.1) is 0 Å². The van der Waals surface area contributed by atoms with E-state index in [1.807, 2.05) is 0 Å². The Morgan fingerprint density at radius 2 is 2.20 bits per heavy atom. The highest BCUT2D eigenvalue weighted by molar-refractivity contribution is 7.13. The lowest BCUT2D eigenvalue weighted by Gasteiger charge is -2.12. The van der Waals surface area contributed by atoms with Gasteiger partial charge in [0.1, 0.15) is 5.75 Å². The first-order valence-electron chi connectivity index (χ1n) is 5.95. The third kappa shape index (κ3) is 3.94. The summed E-state index contributed by atoms with van der Waals surface area (Å²) < 4.78 is 5.04. The van der Waals surface area contributed by atoms with Gasteiger partial charge in [-0.15, -0.1) is 11.3 Å². The average molecular weight is 293 g/mol. The maximum Gasteiger partial charge on any atom is 0.321 e. The van der Waals surface area contributed by atoms with Crippen molar-refractivity contribution >= 4 is 22.5 Å². The van der Waals surface area contributed by atoms with Crippen LogP contribution < -0.4 is 15.4 Å². The number of carbonyl (C=O) groups is 1. The molecule has 0 unspecified atom stereocenters. The van der Waals surface area contributed by atoms with Gasteiger partial charge in [-0.05, 0) is 17.7 Å². The number of rotatable bonds is 5. The number of ether oxygens (including phenoxy) is 1. The van der Waals surface area contributed by atoms with Gasteiger partial charge < -0.3 is 15.2 Å². The van der Waals surface area contributed by atoms with E-state index in [0.29, 0.717) is 10.7 Å². The minimum absolute atomic E-state index is 0.115. The summed E-state index contributed by atoms with van der Waals surface area (Å²) >= 11 is 1.33. The average Bonchev–Trinajstić information content (AvgIpc) is 2.97. The first-order chi connectivity index (χ1) is 9.69. The Balaban J connectivity index is 1.81. The second-order valence-electron chi connectivity index (χ2n) is 3.96. The Hall–Kier alpha value is -2.12. The van der Waals surface area contributed by atoms with Crippen LogP contribution >= 0.6 is 11.3 Å². The molecule has 6 nitrogen and oxygen atoms in total. The van der Waals surface area contributed by atoms with Crippen molar-refractivity contribution < 1.29 is 14.6 Å². The molecule has 0 spiro atoms. The van der Waals surface area contributed by atoms with Gasteiger partial charge in [-0.2, -0.15) is 0 Å². The van der Waals surface area contributed by atoms with Crippen molar-refractivity contribution in [2.75, 3.05) is 19.0 Å². The second kappa shape index (κ2) is 6.88. The summed E-state index contributed by atoms with van der Waals surface area (Å²) in [4.78, 5) is 15.5. The van der Waals surface area contributed by atoms with Crippen molar-refractivity contribution in [3.05, 3.63) is 41.4 Å². The van der Waals surface area contributed by atoms with Crippen molar-refractivity contribution in [2.24, 2.45) is 0 Å². The van der Waals surface area contributed by atoms with E-state index < -0.39 is 12.1 Å². The van der Waals surface area contributed by atoms with Gasteiger partial charge in [0.2, 0.25) is 0 Å². The zero-order valence-corrected chi connectivity index (χ0v) is 11.7. The standard InChI is InChI=1S/C13H15N3O3S/c1-19-10-4-2-9(3-5-10)11(17)8-15-12(18)16-13-14-6-7-20-13/h2-7,11,17H,8H2,1H3,(H2,14,15,16,18)/t11-/m1/s1. The zero-order valence-electron chi connectivity index (χ0n) is 10.9. The maximum atomic E-state index is 11.6. The molecule has 3 N–H and O–H groups in total. The van der Waals surface area contributed by atoms with Crippen LogP contribution in [0.3, 0.4) is 0 Å². The Bertz CT molecular complexity index is 542. The number of nitrogens with zero attached hydrogens (tertiary/aromatic N) is 1. The van der Waals surface area contributed by atoms with Gasteiger partial charge >= 0.3 is 6.03 Å². The lowest BCUT2D eigenvalue weighted by atomic mass is 10.1. The van der Waals surface area contributed by atoms with Gasteiger partial charge in [0, 0.05) is 18.1 Å². The van der Waals surface area contributed by atoms with Gasteiger partial charge in [-0.3, -0.25) is 5.32 Å². The third-order valence-electron chi connectivity index (χ3n) is 2.61. The number of benzene rings is 1. The van der Waals surface area contributed by atoms with E-state index in [9.17, 15) is 9.90 Å². The SMILES string of the molecule is COc1ccc([C@H](O)CNC(=O)Nc2nccs2)cc1. The third-order valence-corrected chi connectivity index (χ3v) is 3.30. The highest BCUT2D eigenvalue weighted by Gasteiger charge is 2.10. The molecule has 1 heterocycles. The van der Waals surface area contributed by atoms with E-state index in [0.717, 1.165) is 5.75 Å². The lowest BCUT2D eigenvalue weighted by molar-refractivity contribution is 0.175. The summed E-state index contributed by atoms with van der Waals surface area (Å²) in [7, 11) is 1.58. The normalized spacial score (nSPS) is 11.7. The summed E-state index contributed by atoms with van der Waals surface area (Å²) in [5.74, 6) is 0.718. The molecule has 2 amide bonds. The fraction of sp³-hybridized carbons (Fsp3) is 0.231. The fourth-order valence-electron chi connectivity index (χ4n) is 1.56. The predicted molar refractivity (Wildman–Crippen MR) is 77.1 cm³/mol. The Morgan fingerprint density at radius 1 is 1.45 bits per heavy atom. The number of aromatic nitrogens is 1. The van der Waals surface area contributed by atoms with Crippen molar-refractivity contribution in [1.82, 2.24) is 10.3 Å². The summed E-state index contributed by atoms with van der Waals surface area (Å²) in [6, 6.07) is 6.63. The van der Waals surface area contributed by atoms with Crippen LogP contribution in [0.1, 0.15) is 11.7 Å². The molecule has 0 radical (unpaired) electrons. The summed E-state index contributed by atoms with van der Waals surface area (Å²) in [6.45, 7) is 0.115. The number of methoxy groups -OCH3 is 1. The summed E-state index contributed by atoms with van der Waals surface area (Å²) in [5, 5.41) is 17.4. The number of anilines is 1. The fourth-order valence-corrected chi connectivity index (χ4v) is 2.08. The monoisotopic (exact) mass is 293 g/mol. The molecule has 0 fully saturated rings. The first-order valence-corrected chi connectivity index (χ1v) is 6.83. The lowest BCUT2D eigenvalue weighted by Crippen LogP contribution is -2.32. The Morgan fingerprint density at radius 3 is 2.80 bits per heavy atom. The number of amides is 2. The van der Waals surface area contributed by atoms with Crippen LogP contribution in [0.25, 0.3) is 0 Å². The molecule has 1 atom stereocenters. The molecule has 106 valence electrons. The molecule has 0 saturated carbocycles. The van der Waals surface area contributed by atoms with Crippen LogP contribution in [-0.2, 0) is 0 Å². The summed E-state index contributed by atoms with van der Waals surface area (Å²) in [6.07, 6.45) is 0.829. The molecule has 0 aliphatic heterocycles. The second-order valence-corrected chi connectivity index (χ2v) is 4.86. The van der Waals surface area contributed by atoms with Crippen LogP contribution in [0.5, 0.6) is 5.75 Å². The Kier molecular flexibility index (Phi) is 4.91. The molecule has 20 heavy (non-hydrogen) atoms. The molecule has 0 bridgehead atoms. The highest BCUT2D eigenvalue weighted by atomic mass is 32.1. The van der Waals surface area contributed by atoms with Crippen molar-refractivity contribution in [1.29, 1.82) is 0 Å². The molecule has 2 rings (SSSR count). The van der Waals surface area contributed by atoms with Gasteiger partial charge in [-0.1, -0.05) is 12.1 Å². The van der Waals surface area contributed by atoms with Crippen LogP contribution in [0.2, 0.25) is 0 Å². The number of carbonyl (C=O) groups excluding carboxylic acids is 1. The molecular weight excluding hydrogens is 278 g/mol. The van der Waals surface area contributed by atoms with E-state index in [4.69, 9.17) is 4.74 Å². The molecule has 1 aromatic carbocycles. The molecule has 1 aromatic heterocycles. The minimum Gasteiger partial charge on any atom is -0.497 e. The molecule has 2 aromatic rings. The van der Waals surface area contributed by atoms with E-state index in [-0.39, 0.29) is 6.54 Å². The quantitative estimate of drug-likeness (QED) is 0.787. The van der Waals surface area contributed by atoms with Crippen molar-refractivity contribution in [2.45, 2.75) is 6.10 Å². The predicted octanol–water partition coefficient (Wildman–Crippen LogP) is 2.01. The Labute approximate surface area is 120 Å². The first kappa shape index (κ1) is 14.3. The van der Waals surface area contributed by atoms with Gasteiger partial charge in [0.15, 0.2) is 5.13 Å². The summed E-state index contributed by atoms with van der Waals surface area (Å²) in [5.41, 5.74) is 0.709. The number of urea groups is 1. The molecule has 0 aliphatic carbocycles. The van der Waals surface area contributed by atoms with E-state index in [2.05, 4.69) is 15.6 Å². The molecular formula is C13H15N3O3S. The largest absolute Gasteiger partial charge is 0.497 e. The number of thiazole rings is 1. The van der Waals surface area contributed by atoms with Gasteiger partial charge in [0.25, 0.3) is 0 Å². The van der Waals surface area contributed by atoms with Gasteiger partial charge in [0.05, 0.1) is 13.2 Å². The minimum atomic E-state index is -0.775. The van der Waals surface area contributed by atoms with E-state index >= 15 is 0 Å². The number of hydrogen-bond donors (Lipinski definition) is 3. The van der Waals surface area contributed by atoms with Crippen LogP contribution in [0.15, 0.2) is 35.8 Å².